The first-order valence-corrected chi connectivity index (χ1v) is 10.1. The van der Waals surface area contributed by atoms with Crippen molar-refractivity contribution in [3.05, 3.63) is 17.5 Å². The molecule has 1 aromatic heterocycles. The number of hydrogen-bond acceptors (Lipinski definition) is 5. The molecule has 2 aliphatic rings. The molecule has 0 amide bonds. The van der Waals surface area contributed by atoms with Gasteiger partial charge in [-0.3, -0.25) is 14.5 Å². The van der Waals surface area contributed by atoms with Crippen LogP contribution in [0.4, 0.5) is 0 Å². The highest BCUT2D eigenvalue weighted by Gasteiger charge is 2.48. The molecule has 1 aromatic rings. The third-order valence-electron chi connectivity index (χ3n) is 6.34. The van der Waals surface area contributed by atoms with Crippen LogP contribution in [0.3, 0.4) is 0 Å². The van der Waals surface area contributed by atoms with E-state index in [2.05, 4.69) is 47.3 Å². The normalized spacial score (nSPS) is 27.7. The van der Waals surface area contributed by atoms with Gasteiger partial charge < -0.3 is 9.84 Å². The number of morpholine rings is 1. The van der Waals surface area contributed by atoms with Crippen molar-refractivity contribution in [1.29, 1.82) is 0 Å². The fourth-order valence-corrected chi connectivity index (χ4v) is 4.34. The summed E-state index contributed by atoms with van der Waals surface area (Å²) in [6, 6.07) is 0. The number of piperidine rings is 1. The number of aromatic nitrogens is 2. The van der Waals surface area contributed by atoms with Gasteiger partial charge >= 0.3 is 0 Å². The lowest BCUT2D eigenvalue weighted by Gasteiger charge is -2.52. The lowest BCUT2D eigenvalue weighted by Crippen LogP contribution is -2.62. The summed E-state index contributed by atoms with van der Waals surface area (Å²) >= 11 is 0. The molecule has 0 aliphatic carbocycles. The van der Waals surface area contributed by atoms with Crippen LogP contribution in [0.5, 0.6) is 0 Å². The van der Waals surface area contributed by atoms with Gasteiger partial charge in [0.25, 0.3) is 0 Å². The first-order chi connectivity index (χ1) is 12.3. The number of aliphatic hydroxyl groups is 1. The maximum absolute atomic E-state index is 11.4. The Morgan fingerprint density at radius 3 is 2.58 bits per heavy atom. The lowest BCUT2D eigenvalue weighted by atomic mass is 9.69. The van der Waals surface area contributed by atoms with Crippen molar-refractivity contribution in [2.75, 3.05) is 45.9 Å². The van der Waals surface area contributed by atoms with Gasteiger partial charge in [0, 0.05) is 62.5 Å². The summed E-state index contributed by atoms with van der Waals surface area (Å²) in [5.74, 6) is 0. The average molecular weight is 365 g/mol. The smallest absolute Gasteiger partial charge is 0.0849 e. The Morgan fingerprint density at radius 2 is 1.92 bits per heavy atom. The van der Waals surface area contributed by atoms with Crippen LogP contribution in [0.25, 0.3) is 0 Å². The Labute approximate surface area is 158 Å². The molecule has 0 spiro atoms. The Balaban J connectivity index is 1.62. The molecule has 6 nitrogen and oxygen atoms in total. The van der Waals surface area contributed by atoms with E-state index in [0.717, 1.165) is 71.9 Å². The van der Waals surface area contributed by atoms with Crippen LogP contribution >= 0.6 is 0 Å². The van der Waals surface area contributed by atoms with Gasteiger partial charge in [0.2, 0.25) is 0 Å². The van der Waals surface area contributed by atoms with E-state index in [4.69, 9.17) is 4.74 Å². The van der Waals surface area contributed by atoms with Gasteiger partial charge in [-0.1, -0.05) is 20.8 Å². The molecule has 0 radical (unpaired) electrons. The van der Waals surface area contributed by atoms with E-state index in [1.807, 2.05) is 6.20 Å². The summed E-state index contributed by atoms with van der Waals surface area (Å²) in [5, 5.41) is 16.0. The zero-order valence-corrected chi connectivity index (χ0v) is 17.0. The lowest BCUT2D eigenvalue weighted by molar-refractivity contribution is -0.140. The quantitative estimate of drug-likeness (QED) is 0.835. The molecule has 1 atom stereocenters. The van der Waals surface area contributed by atoms with Crippen LogP contribution in [-0.4, -0.2) is 76.2 Å². The minimum atomic E-state index is -0.637. The summed E-state index contributed by atoms with van der Waals surface area (Å²) in [4.78, 5) is 4.84. The van der Waals surface area contributed by atoms with E-state index in [1.54, 1.807) is 0 Å². The maximum atomic E-state index is 11.4. The fraction of sp³-hybridized carbons (Fsp3) is 0.850. The van der Waals surface area contributed by atoms with E-state index in [9.17, 15) is 5.11 Å². The van der Waals surface area contributed by atoms with Crippen molar-refractivity contribution in [1.82, 2.24) is 19.6 Å². The highest BCUT2D eigenvalue weighted by molar-refractivity contribution is 5.16. The van der Waals surface area contributed by atoms with Crippen LogP contribution in [0.2, 0.25) is 0 Å². The predicted molar refractivity (Wildman–Crippen MR) is 103 cm³/mol. The van der Waals surface area contributed by atoms with E-state index in [-0.39, 0.29) is 5.41 Å². The number of rotatable bonds is 6. The number of aryl methyl sites for hydroxylation is 1. The molecule has 2 saturated heterocycles. The van der Waals surface area contributed by atoms with Gasteiger partial charge in [-0.25, -0.2) is 0 Å². The molecule has 1 N–H and O–H groups in total. The average Bonchev–Trinajstić information content (AvgIpc) is 2.93. The highest BCUT2D eigenvalue weighted by atomic mass is 16.5. The van der Waals surface area contributed by atoms with Crippen molar-refractivity contribution in [3.8, 4) is 0 Å². The number of hydrogen-bond donors (Lipinski definition) is 1. The second kappa shape index (κ2) is 7.97. The highest BCUT2D eigenvalue weighted by Crippen LogP contribution is 2.40. The van der Waals surface area contributed by atoms with Gasteiger partial charge in [-0.2, -0.15) is 5.10 Å². The summed E-state index contributed by atoms with van der Waals surface area (Å²) < 4.78 is 7.56. The van der Waals surface area contributed by atoms with Gasteiger partial charge in [0.15, 0.2) is 0 Å². The standard InChI is InChI=1S/C20H36N4O2/c1-5-7-24-17(2)18(13-21-24)14-23-8-6-20(25,19(3,4)15-23)16-22-9-11-26-12-10-22/h13,25H,5-12,14-16H2,1-4H3. The topological polar surface area (TPSA) is 53.8 Å². The second-order valence-corrected chi connectivity index (χ2v) is 8.74. The summed E-state index contributed by atoms with van der Waals surface area (Å²) in [7, 11) is 0. The van der Waals surface area contributed by atoms with Crippen LogP contribution in [-0.2, 0) is 17.8 Å². The fourth-order valence-electron chi connectivity index (χ4n) is 4.34. The van der Waals surface area contributed by atoms with Crippen LogP contribution in [0, 0.1) is 12.3 Å². The number of nitrogens with zero attached hydrogens (tertiary/aromatic N) is 4. The third kappa shape index (κ3) is 4.14. The first-order valence-electron chi connectivity index (χ1n) is 10.1. The minimum Gasteiger partial charge on any atom is -0.388 e. The SMILES string of the molecule is CCCn1ncc(CN2CCC(O)(CN3CCOCC3)C(C)(C)C2)c1C. The Bertz CT molecular complexity index is 595. The molecule has 148 valence electrons. The molecule has 3 rings (SSSR count). The molecule has 0 saturated carbocycles. The number of β-amino-alcohol motifs (C(OH)–C–C–N with tert-alkyl or cyclic N) is 1. The van der Waals surface area contributed by atoms with Gasteiger partial charge in [0.05, 0.1) is 25.0 Å². The largest absolute Gasteiger partial charge is 0.388 e. The van der Waals surface area contributed by atoms with Gasteiger partial charge in [0.1, 0.15) is 0 Å². The maximum Gasteiger partial charge on any atom is 0.0849 e. The van der Waals surface area contributed by atoms with Gasteiger partial charge in [-0.05, 0) is 19.8 Å². The molecule has 2 fully saturated rings. The minimum absolute atomic E-state index is 0.142. The van der Waals surface area contributed by atoms with Crippen molar-refractivity contribution < 1.29 is 9.84 Å². The Kier molecular flexibility index (Phi) is 6.07. The molecule has 2 aliphatic heterocycles. The van der Waals surface area contributed by atoms with Crippen LogP contribution in [0.15, 0.2) is 6.20 Å². The van der Waals surface area contributed by atoms with E-state index >= 15 is 0 Å². The molecular weight excluding hydrogens is 328 g/mol. The number of ether oxygens (including phenoxy) is 1. The van der Waals surface area contributed by atoms with Gasteiger partial charge in [-0.15, -0.1) is 0 Å². The molecule has 0 bridgehead atoms. The summed E-state index contributed by atoms with van der Waals surface area (Å²) in [6.45, 7) is 16.7. The molecule has 1 unspecified atom stereocenters. The second-order valence-electron chi connectivity index (χ2n) is 8.74. The van der Waals surface area contributed by atoms with Crippen molar-refractivity contribution in [2.45, 2.75) is 59.2 Å². The monoisotopic (exact) mass is 364 g/mol. The van der Waals surface area contributed by atoms with E-state index < -0.39 is 5.60 Å². The van der Waals surface area contributed by atoms with Crippen LogP contribution in [0.1, 0.15) is 44.9 Å². The van der Waals surface area contributed by atoms with Crippen molar-refractivity contribution in [2.24, 2.45) is 5.41 Å². The van der Waals surface area contributed by atoms with Crippen molar-refractivity contribution >= 4 is 0 Å². The zero-order chi connectivity index (χ0) is 18.8. The van der Waals surface area contributed by atoms with Crippen LogP contribution < -0.4 is 0 Å². The number of likely N-dealkylation sites (tertiary alicyclic amines) is 1. The molecule has 3 heterocycles. The van der Waals surface area contributed by atoms with Crippen molar-refractivity contribution in [3.63, 3.8) is 0 Å². The van der Waals surface area contributed by atoms with E-state index in [0.29, 0.717) is 0 Å². The summed E-state index contributed by atoms with van der Waals surface area (Å²) in [5.41, 5.74) is 1.81. The molecule has 26 heavy (non-hydrogen) atoms. The predicted octanol–water partition coefficient (Wildman–Crippen LogP) is 1.90. The Hall–Kier alpha value is -0.950. The molecule has 0 aromatic carbocycles. The Morgan fingerprint density at radius 1 is 1.19 bits per heavy atom. The zero-order valence-electron chi connectivity index (χ0n) is 17.0. The third-order valence-corrected chi connectivity index (χ3v) is 6.34. The first kappa shape index (κ1) is 19.8. The summed E-state index contributed by atoms with van der Waals surface area (Å²) in [6.07, 6.45) is 3.94. The molecule has 6 heteroatoms. The molecular formula is C20H36N4O2. The van der Waals surface area contributed by atoms with E-state index in [1.165, 1.54) is 11.3 Å².